The van der Waals surface area contributed by atoms with Crippen LogP contribution in [-0.2, 0) is 11.3 Å². The van der Waals surface area contributed by atoms with Gasteiger partial charge in [-0.15, -0.1) is 0 Å². The SMILES string of the molecule is CCOC(=O)c1c(C)[nH]c(C(=O)N2CCN(Cc3ccc(Cl)cc3)CC2)c1C. The number of hydrogen-bond donors (Lipinski definition) is 1. The number of esters is 1. The monoisotopic (exact) mass is 403 g/mol. The normalized spacial score (nSPS) is 14.9. The first-order valence-corrected chi connectivity index (χ1v) is 9.90. The summed E-state index contributed by atoms with van der Waals surface area (Å²) in [6, 6.07) is 7.85. The number of amides is 1. The van der Waals surface area contributed by atoms with Crippen LogP contribution in [0.15, 0.2) is 24.3 Å². The number of carbonyl (C=O) groups is 2. The number of benzene rings is 1. The lowest BCUT2D eigenvalue weighted by atomic mass is 10.1. The van der Waals surface area contributed by atoms with Crippen molar-refractivity contribution in [3.8, 4) is 0 Å². The van der Waals surface area contributed by atoms with Crippen LogP contribution in [0.2, 0.25) is 5.02 Å². The predicted octanol–water partition coefficient (Wildman–Crippen LogP) is 3.42. The number of halogens is 1. The van der Waals surface area contributed by atoms with Crippen LogP contribution < -0.4 is 0 Å². The summed E-state index contributed by atoms with van der Waals surface area (Å²) in [4.78, 5) is 32.4. The van der Waals surface area contributed by atoms with Gasteiger partial charge >= 0.3 is 5.97 Å². The second-order valence-corrected chi connectivity index (χ2v) is 7.48. The summed E-state index contributed by atoms with van der Waals surface area (Å²) in [5.74, 6) is -0.456. The van der Waals surface area contributed by atoms with E-state index in [1.54, 1.807) is 20.8 Å². The minimum atomic E-state index is -0.388. The predicted molar refractivity (Wildman–Crippen MR) is 109 cm³/mol. The molecule has 0 spiro atoms. The fraction of sp³-hybridized carbons (Fsp3) is 0.429. The van der Waals surface area contributed by atoms with Crippen molar-refractivity contribution in [1.29, 1.82) is 0 Å². The summed E-state index contributed by atoms with van der Waals surface area (Å²) in [6.07, 6.45) is 0. The zero-order chi connectivity index (χ0) is 20.3. The van der Waals surface area contributed by atoms with Crippen molar-refractivity contribution in [2.75, 3.05) is 32.8 Å². The number of aryl methyl sites for hydroxylation is 1. The van der Waals surface area contributed by atoms with Gasteiger partial charge in [0.1, 0.15) is 5.69 Å². The maximum Gasteiger partial charge on any atom is 0.340 e. The van der Waals surface area contributed by atoms with Gasteiger partial charge in [0.15, 0.2) is 0 Å². The van der Waals surface area contributed by atoms with Gasteiger partial charge in [0.2, 0.25) is 0 Å². The van der Waals surface area contributed by atoms with Gasteiger partial charge < -0.3 is 14.6 Å². The van der Waals surface area contributed by atoms with Gasteiger partial charge in [-0.05, 0) is 44.0 Å². The van der Waals surface area contributed by atoms with Crippen LogP contribution in [0.1, 0.15) is 44.6 Å². The highest BCUT2D eigenvalue weighted by Gasteiger charge is 2.28. The molecule has 0 unspecified atom stereocenters. The first-order valence-electron chi connectivity index (χ1n) is 9.53. The van der Waals surface area contributed by atoms with Crippen molar-refractivity contribution < 1.29 is 14.3 Å². The lowest BCUT2D eigenvalue weighted by molar-refractivity contribution is 0.0525. The van der Waals surface area contributed by atoms with Crippen LogP contribution in [0.3, 0.4) is 0 Å². The number of nitrogens with zero attached hydrogens (tertiary/aromatic N) is 2. The summed E-state index contributed by atoms with van der Waals surface area (Å²) in [6.45, 7) is 9.41. The lowest BCUT2D eigenvalue weighted by Crippen LogP contribution is -2.48. The molecule has 0 radical (unpaired) electrons. The molecule has 150 valence electrons. The maximum atomic E-state index is 13.0. The van der Waals surface area contributed by atoms with Crippen molar-refractivity contribution in [2.24, 2.45) is 0 Å². The molecule has 1 aliphatic heterocycles. The molecule has 3 rings (SSSR count). The van der Waals surface area contributed by atoms with E-state index in [-0.39, 0.29) is 11.9 Å². The molecule has 0 atom stereocenters. The number of ether oxygens (including phenoxy) is 1. The molecule has 28 heavy (non-hydrogen) atoms. The Bertz CT molecular complexity index is 853. The molecular weight excluding hydrogens is 378 g/mol. The van der Waals surface area contributed by atoms with Crippen LogP contribution >= 0.6 is 11.6 Å². The van der Waals surface area contributed by atoms with Gasteiger partial charge in [-0.2, -0.15) is 0 Å². The molecular formula is C21H26ClN3O3. The van der Waals surface area contributed by atoms with Gasteiger partial charge in [0, 0.05) is 43.4 Å². The number of aromatic nitrogens is 1. The molecule has 1 aliphatic rings. The van der Waals surface area contributed by atoms with Gasteiger partial charge in [-0.3, -0.25) is 9.69 Å². The van der Waals surface area contributed by atoms with E-state index in [4.69, 9.17) is 16.3 Å². The summed E-state index contributed by atoms with van der Waals surface area (Å²) >= 11 is 5.94. The number of H-pyrrole nitrogens is 1. The average molecular weight is 404 g/mol. The molecule has 1 saturated heterocycles. The van der Waals surface area contributed by atoms with E-state index in [1.165, 1.54) is 5.56 Å². The number of aromatic amines is 1. The van der Waals surface area contributed by atoms with E-state index in [0.29, 0.717) is 42.2 Å². The standard InChI is InChI=1S/C21H26ClN3O3/c1-4-28-21(27)18-14(2)19(23-15(18)3)20(26)25-11-9-24(10-12-25)13-16-5-7-17(22)8-6-16/h5-8,23H,4,9-13H2,1-3H3. The third-order valence-electron chi connectivity index (χ3n) is 5.11. The Morgan fingerprint density at radius 2 is 1.75 bits per heavy atom. The zero-order valence-electron chi connectivity index (χ0n) is 16.5. The van der Waals surface area contributed by atoms with Gasteiger partial charge in [0.25, 0.3) is 5.91 Å². The Kier molecular flexibility index (Phi) is 6.42. The Balaban J connectivity index is 1.63. The van der Waals surface area contributed by atoms with E-state index >= 15 is 0 Å². The first kappa shape index (κ1) is 20.4. The lowest BCUT2D eigenvalue weighted by Gasteiger charge is -2.34. The highest BCUT2D eigenvalue weighted by Crippen LogP contribution is 2.21. The van der Waals surface area contributed by atoms with Crippen molar-refractivity contribution in [3.05, 3.63) is 57.4 Å². The van der Waals surface area contributed by atoms with E-state index in [2.05, 4.69) is 9.88 Å². The highest BCUT2D eigenvalue weighted by molar-refractivity contribution is 6.30. The first-order chi connectivity index (χ1) is 13.4. The third kappa shape index (κ3) is 4.39. The van der Waals surface area contributed by atoms with Crippen molar-refractivity contribution in [1.82, 2.24) is 14.8 Å². The minimum Gasteiger partial charge on any atom is -0.462 e. The zero-order valence-corrected chi connectivity index (χ0v) is 17.3. The maximum absolute atomic E-state index is 13.0. The van der Waals surface area contributed by atoms with E-state index in [1.807, 2.05) is 29.2 Å². The second-order valence-electron chi connectivity index (χ2n) is 7.04. The molecule has 1 N–H and O–H groups in total. The fourth-order valence-corrected chi connectivity index (χ4v) is 3.71. The van der Waals surface area contributed by atoms with E-state index in [9.17, 15) is 9.59 Å². The molecule has 1 amide bonds. The number of hydrogen-bond acceptors (Lipinski definition) is 4. The summed E-state index contributed by atoms with van der Waals surface area (Å²) < 4.78 is 5.11. The number of piperazine rings is 1. The van der Waals surface area contributed by atoms with Crippen LogP contribution in [0.5, 0.6) is 0 Å². The van der Waals surface area contributed by atoms with E-state index in [0.717, 1.165) is 24.7 Å². The van der Waals surface area contributed by atoms with Crippen LogP contribution in [0.4, 0.5) is 0 Å². The molecule has 1 aromatic carbocycles. The molecule has 6 nitrogen and oxygen atoms in total. The third-order valence-corrected chi connectivity index (χ3v) is 5.36. The van der Waals surface area contributed by atoms with Crippen molar-refractivity contribution in [3.63, 3.8) is 0 Å². The van der Waals surface area contributed by atoms with Crippen molar-refractivity contribution >= 4 is 23.5 Å². The Morgan fingerprint density at radius 3 is 2.36 bits per heavy atom. The smallest absolute Gasteiger partial charge is 0.340 e. The summed E-state index contributed by atoms with van der Waals surface area (Å²) in [5, 5.41) is 0.734. The molecule has 2 heterocycles. The van der Waals surface area contributed by atoms with Crippen LogP contribution in [-0.4, -0.2) is 59.4 Å². The molecule has 0 aliphatic carbocycles. The Hall–Kier alpha value is -2.31. The number of nitrogens with one attached hydrogen (secondary N) is 1. The molecule has 7 heteroatoms. The topological polar surface area (TPSA) is 65.6 Å². The van der Waals surface area contributed by atoms with Crippen LogP contribution in [0, 0.1) is 13.8 Å². The van der Waals surface area contributed by atoms with Crippen LogP contribution in [0.25, 0.3) is 0 Å². The number of carbonyl (C=O) groups excluding carboxylic acids is 2. The molecule has 1 aromatic heterocycles. The molecule has 0 bridgehead atoms. The molecule has 1 fully saturated rings. The highest BCUT2D eigenvalue weighted by atomic mass is 35.5. The Labute approximate surface area is 170 Å². The summed E-state index contributed by atoms with van der Waals surface area (Å²) in [5.41, 5.74) is 3.47. The second kappa shape index (κ2) is 8.80. The Morgan fingerprint density at radius 1 is 1.11 bits per heavy atom. The fourth-order valence-electron chi connectivity index (χ4n) is 3.59. The number of rotatable bonds is 5. The average Bonchev–Trinajstić information content (AvgIpc) is 2.98. The van der Waals surface area contributed by atoms with Crippen molar-refractivity contribution in [2.45, 2.75) is 27.3 Å². The van der Waals surface area contributed by atoms with Gasteiger partial charge in [-0.25, -0.2) is 4.79 Å². The quantitative estimate of drug-likeness (QED) is 0.777. The molecule has 2 aromatic rings. The van der Waals surface area contributed by atoms with E-state index < -0.39 is 0 Å². The largest absolute Gasteiger partial charge is 0.462 e. The minimum absolute atomic E-state index is 0.0673. The van der Waals surface area contributed by atoms with Gasteiger partial charge in [0.05, 0.1) is 12.2 Å². The van der Waals surface area contributed by atoms with Gasteiger partial charge in [-0.1, -0.05) is 23.7 Å². The molecule has 0 saturated carbocycles. The summed E-state index contributed by atoms with van der Waals surface area (Å²) in [7, 11) is 0.